The SMILES string of the molecule is CCCNC(CCN(CC)CCCO)c1ccc(F)cn1. The number of hydrogen-bond acceptors (Lipinski definition) is 4. The summed E-state index contributed by atoms with van der Waals surface area (Å²) in [7, 11) is 0. The van der Waals surface area contributed by atoms with Gasteiger partial charge in [0.2, 0.25) is 0 Å². The van der Waals surface area contributed by atoms with Gasteiger partial charge in [-0.25, -0.2) is 4.39 Å². The minimum absolute atomic E-state index is 0.147. The molecule has 0 saturated carbocycles. The third-order valence-corrected chi connectivity index (χ3v) is 3.56. The molecule has 0 fully saturated rings. The largest absolute Gasteiger partial charge is 0.396 e. The summed E-state index contributed by atoms with van der Waals surface area (Å²) in [6.45, 7) is 8.22. The van der Waals surface area contributed by atoms with Crippen molar-refractivity contribution in [1.29, 1.82) is 0 Å². The average molecular weight is 297 g/mol. The molecule has 0 radical (unpaired) electrons. The smallest absolute Gasteiger partial charge is 0.141 e. The molecule has 2 N–H and O–H groups in total. The number of nitrogens with one attached hydrogen (secondary N) is 1. The van der Waals surface area contributed by atoms with Gasteiger partial charge >= 0.3 is 0 Å². The van der Waals surface area contributed by atoms with Crippen LogP contribution in [-0.2, 0) is 0 Å². The molecule has 1 atom stereocenters. The van der Waals surface area contributed by atoms with Gasteiger partial charge in [-0.15, -0.1) is 0 Å². The van der Waals surface area contributed by atoms with E-state index in [9.17, 15) is 4.39 Å². The molecule has 1 heterocycles. The lowest BCUT2D eigenvalue weighted by Gasteiger charge is -2.24. The Balaban J connectivity index is 2.58. The minimum atomic E-state index is -0.300. The number of halogens is 1. The summed E-state index contributed by atoms with van der Waals surface area (Å²) in [5.41, 5.74) is 0.892. The van der Waals surface area contributed by atoms with Crippen molar-refractivity contribution in [1.82, 2.24) is 15.2 Å². The number of aliphatic hydroxyl groups is 1. The molecule has 1 rings (SSSR count). The summed E-state index contributed by atoms with van der Waals surface area (Å²) in [6, 6.07) is 3.37. The van der Waals surface area contributed by atoms with Crippen molar-refractivity contribution in [2.24, 2.45) is 0 Å². The summed E-state index contributed by atoms with van der Waals surface area (Å²) < 4.78 is 13.0. The van der Waals surface area contributed by atoms with E-state index in [1.165, 1.54) is 12.3 Å². The first-order valence-corrected chi connectivity index (χ1v) is 7.89. The van der Waals surface area contributed by atoms with Crippen LogP contribution >= 0.6 is 0 Å². The van der Waals surface area contributed by atoms with E-state index < -0.39 is 0 Å². The zero-order chi connectivity index (χ0) is 15.5. The van der Waals surface area contributed by atoms with Gasteiger partial charge in [0.25, 0.3) is 0 Å². The van der Waals surface area contributed by atoms with Crippen LogP contribution in [0.4, 0.5) is 4.39 Å². The van der Waals surface area contributed by atoms with Crippen LogP contribution in [-0.4, -0.2) is 47.8 Å². The maximum atomic E-state index is 13.0. The average Bonchev–Trinajstić information content (AvgIpc) is 2.51. The molecule has 1 aromatic rings. The Morgan fingerprint density at radius 1 is 1.33 bits per heavy atom. The molecule has 120 valence electrons. The van der Waals surface area contributed by atoms with Crippen LogP contribution in [0.15, 0.2) is 18.3 Å². The van der Waals surface area contributed by atoms with Crippen molar-refractivity contribution in [3.63, 3.8) is 0 Å². The highest BCUT2D eigenvalue weighted by Crippen LogP contribution is 2.15. The molecule has 1 unspecified atom stereocenters. The van der Waals surface area contributed by atoms with Gasteiger partial charge in [-0.1, -0.05) is 13.8 Å². The van der Waals surface area contributed by atoms with Crippen molar-refractivity contribution < 1.29 is 9.50 Å². The molecule has 0 saturated heterocycles. The van der Waals surface area contributed by atoms with Crippen LogP contribution in [0, 0.1) is 5.82 Å². The maximum Gasteiger partial charge on any atom is 0.141 e. The number of pyridine rings is 1. The van der Waals surface area contributed by atoms with Gasteiger partial charge in [-0.05, 0) is 51.0 Å². The number of hydrogen-bond donors (Lipinski definition) is 2. The molecule has 0 bridgehead atoms. The quantitative estimate of drug-likeness (QED) is 0.658. The summed E-state index contributed by atoms with van der Waals surface area (Å²) in [5.74, 6) is -0.300. The molecule has 1 aromatic heterocycles. The summed E-state index contributed by atoms with van der Waals surface area (Å²) >= 11 is 0. The van der Waals surface area contributed by atoms with Crippen molar-refractivity contribution >= 4 is 0 Å². The van der Waals surface area contributed by atoms with Crippen molar-refractivity contribution in [3.8, 4) is 0 Å². The number of aromatic nitrogens is 1. The lowest BCUT2D eigenvalue weighted by molar-refractivity contribution is 0.222. The molecule has 0 spiro atoms. The van der Waals surface area contributed by atoms with Crippen LogP contribution in [0.3, 0.4) is 0 Å². The Kier molecular flexibility index (Phi) is 9.14. The van der Waals surface area contributed by atoms with E-state index in [-0.39, 0.29) is 18.5 Å². The first kappa shape index (κ1) is 18.0. The fourth-order valence-corrected chi connectivity index (χ4v) is 2.30. The van der Waals surface area contributed by atoms with Gasteiger partial charge in [-0.3, -0.25) is 4.98 Å². The Morgan fingerprint density at radius 2 is 2.14 bits per heavy atom. The standard InChI is InChI=1S/C16H28FN3O/c1-3-9-18-16(15-7-6-14(17)13-19-15)8-11-20(4-2)10-5-12-21/h6-7,13,16,18,21H,3-5,8-12H2,1-2H3. The van der Waals surface area contributed by atoms with Crippen molar-refractivity contribution in [2.45, 2.75) is 39.2 Å². The molecular weight excluding hydrogens is 269 g/mol. The molecular formula is C16H28FN3O. The zero-order valence-corrected chi connectivity index (χ0v) is 13.2. The number of rotatable bonds is 11. The highest BCUT2D eigenvalue weighted by atomic mass is 19.1. The first-order valence-electron chi connectivity index (χ1n) is 7.89. The maximum absolute atomic E-state index is 13.0. The second kappa shape index (κ2) is 10.7. The first-order chi connectivity index (χ1) is 10.2. The summed E-state index contributed by atoms with van der Waals surface area (Å²) in [6.07, 6.45) is 4.06. The predicted octanol–water partition coefficient (Wildman–Crippen LogP) is 2.36. The summed E-state index contributed by atoms with van der Waals surface area (Å²) in [4.78, 5) is 6.52. The fraction of sp³-hybridized carbons (Fsp3) is 0.688. The Morgan fingerprint density at radius 3 is 2.71 bits per heavy atom. The third-order valence-electron chi connectivity index (χ3n) is 3.56. The monoisotopic (exact) mass is 297 g/mol. The fourth-order valence-electron chi connectivity index (χ4n) is 2.30. The van der Waals surface area contributed by atoms with Crippen LogP contribution in [0.5, 0.6) is 0 Å². The zero-order valence-electron chi connectivity index (χ0n) is 13.2. The van der Waals surface area contributed by atoms with Crippen molar-refractivity contribution in [2.75, 3.05) is 32.8 Å². The lowest BCUT2D eigenvalue weighted by Crippen LogP contribution is -2.31. The van der Waals surface area contributed by atoms with Gasteiger partial charge in [-0.2, -0.15) is 0 Å². The summed E-state index contributed by atoms with van der Waals surface area (Å²) in [5, 5.41) is 12.4. The molecule has 5 heteroatoms. The normalized spacial score (nSPS) is 12.8. The van der Waals surface area contributed by atoms with E-state index in [0.717, 1.165) is 51.1 Å². The van der Waals surface area contributed by atoms with Crippen LogP contribution in [0.1, 0.15) is 44.8 Å². The molecule has 0 aliphatic carbocycles. The van der Waals surface area contributed by atoms with Gasteiger partial charge in [0.05, 0.1) is 17.9 Å². The number of nitrogens with zero attached hydrogens (tertiary/aromatic N) is 2. The third kappa shape index (κ3) is 6.98. The highest BCUT2D eigenvalue weighted by Gasteiger charge is 2.14. The Bertz CT molecular complexity index is 372. The minimum Gasteiger partial charge on any atom is -0.396 e. The second-order valence-corrected chi connectivity index (χ2v) is 5.21. The van der Waals surface area contributed by atoms with E-state index in [2.05, 4.69) is 29.0 Å². The Labute approximate surface area is 127 Å². The molecule has 0 amide bonds. The van der Waals surface area contributed by atoms with E-state index in [0.29, 0.717) is 0 Å². The van der Waals surface area contributed by atoms with Gasteiger partial charge in [0.15, 0.2) is 0 Å². The lowest BCUT2D eigenvalue weighted by atomic mass is 10.1. The van der Waals surface area contributed by atoms with Gasteiger partial charge in [0.1, 0.15) is 5.82 Å². The van der Waals surface area contributed by atoms with Gasteiger partial charge in [0, 0.05) is 13.2 Å². The van der Waals surface area contributed by atoms with Crippen LogP contribution in [0.25, 0.3) is 0 Å². The van der Waals surface area contributed by atoms with Crippen molar-refractivity contribution in [3.05, 3.63) is 29.8 Å². The van der Waals surface area contributed by atoms with E-state index >= 15 is 0 Å². The van der Waals surface area contributed by atoms with E-state index in [4.69, 9.17) is 5.11 Å². The molecule has 0 aliphatic heterocycles. The predicted molar refractivity (Wildman–Crippen MR) is 83.7 cm³/mol. The second-order valence-electron chi connectivity index (χ2n) is 5.21. The van der Waals surface area contributed by atoms with Crippen LogP contribution in [0.2, 0.25) is 0 Å². The molecule has 21 heavy (non-hydrogen) atoms. The van der Waals surface area contributed by atoms with Crippen LogP contribution < -0.4 is 5.32 Å². The van der Waals surface area contributed by atoms with E-state index in [1.54, 1.807) is 6.07 Å². The topological polar surface area (TPSA) is 48.4 Å². The Hall–Kier alpha value is -1.04. The number of aliphatic hydroxyl groups excluding tert-OH is 1. The molecule has 4 nitrogen and oxygen atoms in total. The molecule has 0 aliphatic rings. The highest BCUT2D eigenvalue weighted by molar-refractivity contribution is 5.10. The van der Waals surface area contributed by atoms with E-state index in [1.807, 2.05) is 0 Å². The molecule has 0 aromatic carbocycles. The van der Waals surface area contributed by atoms with Gasteiger partial charge < -0.3 is 15.3 Å².